The van der Waals surface area contributed by atoms with Gasteiger partial charge in [0.15, 0.2) is 0 Å². The summed E-state index contributed by atoms with van der Waals surface area (Å²) in [5.41, 5.74) is 2.58. The molecule has 0 aliphatic carbocycles. The minimum absolute atomic E-state index is 0.0625. The standard InChI is InChI=1S/C14H17NO/c1-11(2)9-10-12(3)14(16)15-13-7-5-4-6-8-13/h4-8,10H,1,9H2,2-3H3,(H,15,16)/b12-10+. The number of anilines is 1. The molecule has 0 atom stereocenters. The van der Waals surface area contributed by atoms with Gasteiger partial charge in [0, 0.05) is 11.3 Å². The molecule has 0 aromatic heterocycles. The lowest BCUT2D eigenvalue weighted by atomic mass is 10.1. The first kappa shape index (κ1) is 12.2. The normalized spacial score (nSPS) is 11.0. The molecule has 0 aliphatic rings. The quantitative estimate of drug-likeness (QED) is 0.604. The molecule has 2 nitrogen and oxygen atoms in total. The average Bonchev–Trinajstić information content (AvgIpc) is 2.27. The first-order valence-electron chi connectivity index (χ1n) is 5.27. The van der Waals surface area contributed by atoms with E-state index in [1.54, 1.807) is 6.92 Å². The van der Waals surface area contributed by atoms with Gasteiger partial charge >= 0.3 is 0 Å². The number of rotatable bonds is 4. The van der Waals surface area contributed by atoms with E-state index in [2.05, 4.69) is 11.9 Å². The van der Waals surface area contributed by atoms with Gasteiger partial charge in [-0.25, -0.2) is 0 Å². The average molecular weight is 215 g/mol. The zero-order valence-electron chi connectivity index (χ0n) is 9.79. The Labute approximate surface area is 96.7 Å². The maximum absolute atomic E-state index is 11.7. The highest BCUT2D eigenvalue weighted by atomic mass is 16.1. The number of para-hydroxylation sites is 1. The van der Waals surface area contributed by atoms with Gasteiger partial charge in [0.05, 0.1) is 0 Å². The van der Waals surface area contributed by atoms with Crippen LogP contribution in [0.3, 0.4) is 0 Å². The van der Waals surface area contributed by atoms with E-state index < -0.39 is 0 Å². The lowest BCUT2D eigenvalue weighted by Crippen LogP contribution is -2.12. The van der Waals surface area contributed by atoms with E-state index in [0.717, 1.165) is 17.7 Å². The van der Waals surface area contributed by atoms with Crippen molar-refractivity contribution in [3.63, 3.8) is 0 Å². The van der Waals surface area contributed by atoms with Gasteiger partial charge in [-0.3, -0.25) is 4.79 Å². The molecule has 0 radical (unpaired) electrons. The van der Waals surface area contributed by atoms with Crippen molar-refractivity contribution in [1.29, 1.82) is 0 Å². The molecule has 2 heteroatoms. The lowest BCUT2D eigenvalue weighted by molar-refractivity contribution is -0.112. The third kappa shape index (κ3) is 4.13. The molecule has 0 aliphatic heterocycles. The summed E-state index contributed by atoms with van der Waals surface area (Å²) in [7, 11) is 0. The van der Waals surface area contributed by atoms with E-state index in [1.807, 2.05) is 43.3 Å². The number of benzene rings is 1. The van der Waals surface area contributed by atoms with Crippen LogP contribution < -0.4 is 5.32 Å². The van der Waals surface area contributed by atoms with Crippen molar-refractivity contribution in [2.45, 2.75) is 20.3 Å². The summed E-state index contributed by atoms with van der Waals surface area (Å²) in [6.45, 7) is 7.54. The molecule has 1 N–H and O–H groups in total. The fourth-order valence-corrected chi connectivity index (χ4v) is 1.17. The summed E-state index contributed by atoms with van der Waals surface area (Å²) in [6, 6.07) is 9.43. The van der Waals surface area contributed by atoms with Crippen LogP contribution in [0.4, 0.5) is 5.69 Å². The minimum atomic E-state index is -0.0625. The molecule has 1 amide bonds. The Hall–Kier alpha value is -1.83. The Morgan fingerprint density at radius 2 is 1.94 bits per heavy atom. The van der Waals surface area contributed by atoms with Crippen molar-refractivity contribution in [2.24, 2.45) is 0 Å². The van der Waals surface area contributed by atoms with Crippen LogP contribution in [0.15, 0.2) is 54.1 Å². The molecule has 0 unspecified atom stereocenters. The molecule has 84 valence electrons. The van der Waals surface area contributed by atoms with Gasteiger partial charge in [0.2, 0.25) is 0 Å². The number of hydrogen-bond donors (Lipinski definition) is 1. The van der Waals surface area contributed by atoms with Crippen LogP contribution in [-0.2, 0) is 4.79 Å². The summed E-state index contributed by atoms with van der Waals surface area (Å²) < 4.78 is 0. The van der Waals surface area contributed by atoms with Crippen molar-refractivity contribution in [2.75, 3.05) is 5.32 Å². The van der Waals surface area contributed by atoms with Gasteiger partial charge in [-0.2, -0.15) is 0 Å². The second-order valence-electron chi connectivity index (χ2n) is 3.87. The molecule has 0 spiro atoms. The number of carbonyl (C=O) groups excluding carboxylic acids is 1. The Morgan fingerprint density at radius 1 is 1.31 bits per heavy atom. The van der Waals surface area contributed by atoms with Crippen LogP contribution in [0.25, 0.3) is 0 Å². The molecular formula is C14H17NO. The van der Waals surface area contributed by atoms with E-state index in [-0.39, 0.29) is 5.91 Å². The lowest BCUT2D eigenvalue weighted by Gasteiger charge is -2.04. The van der Waals surface area contributed by atoms with Gasteiger partial charge in [-0.05, 0) is 32.4 Å². The fourth-order valence-electron chi connectivity index (χ4n) is 1.17. The smallest absolute Gasteiger partial charge is 0.250 e. The summed E-state index contributed by atoms with van der Waals surface area (Å²) in [5, 5.41) is 2.83. The maximum Gasteiger partial charge on any atom is 0.250 e. The van der Waals surface area contributed by atoms with E-state index >= 15 is 0 Å². The topological polar surface area (TPSA) is 29.1 Å². The van der Waals surface area contributed by atoms with Crippen LogP contribution in [0.1, 0.15) is 20.3 Å². The van der Waals surface area contributed by atoms with Gasteiger partial charge in [0.25, 0.3) is 5.91 Å². The predicted octanol–water partition coefficient (Wildman–Crippen LogP) is 3.54. The van der Waals surface area contributed by atoms with E-state index in [1.165, 1.54) is 0 Å². The van der Waals surface area contributed by atoms with Crippen molar-refractivity contribution < 1.29 is 4.79 Å². The molecule has 0 heterocycles. The highest BCUT2D eigenvalue weighted by Gasteiger charge is 2.03. The monoisotopic (exact) mass is 215 g/mol. The summed E-state index contributed by atoms with van der Waals surface area (Å²) in [4.78, 5) is 11.7. The van der Waals surface area contributed by atoms with Crippen LogP contribution in [0.2, 0.25) is 0 Å². The molecule has 1 rings (SSSR count). The largest absolute Gasteiger partial charge is 0.322 e. The molecule has 0 fully saturated rings. The summed E-state index contributed by atoms with van der Waals surface area (Å²) >= 11 is 0. The van der Waals surface area contributed by atoms with Crippen molar-refractivity contribution in [3.8, 4) is 0 Å². The predicted molar refractivity (Wildman–Crippen MR) is 68.3 cm³/mol. The van der Waals surface area contributed by atoms with Crippen LogP contribution in [-0.4, -0.2) is 5.91 Å². The van der Waals surface area contributed by atoms with Crippen molar-refractivity contribution in [3.05, 3.63) is 54.1 Å². The number of allylic oxidation sites excluding steroid dienone is 2. The van der Waals surface area contributed by atoms with Crippen molar-refractivity contribution >= 4 is 11.6 Å². The van der Waals surface area contributed by atoms with Crippen LogP contribution in [0.5, 0.6) is 0 Å². The first-order chi connectivity index (χ1) is 7.59. The van der Waals surface area contributed by atoms with Gasteiger partial charge in [0.1, 0.15) is 0 Å². The van der Waals surface area contributed by atoms with Gasteiger partial charge in [-0.15, -0.1) is 0 Å². The Bertz CT molecular complexity index is 404. The molecule has 1 aromatic rings. The number of hydrogen-bond acceptors (Lipinski definition) is 1. The number of carbonyl (C=O) groups is 1. The minimum Gasteiger partial charge on any atom is -0.322 e. The molecule has 1 aromatic carbocycles. The Kier molecular flexibility index (Phi) is 4.52. The number of nitrogens with one attached hydrogen (secondary N) is 1. The summed E-state index contributed by atoms with van der Waals surface area (Å²) in [6.07, 6.45) is 2.63. The second-order valence-corrected chi connectivity index (χ2v) is 3.87. The van der Waals surface area contributed by atoms with E-state index in [4.69, 9.17) is 0 Å². The molecule has 16 heavy (non-hydrogen) atoms. The molecule has 0 saturated carbocycles. The van der Waals surface area contributed by atoms with E-state index in [9.17, 15) is 4.79 Å². The van der Waals surface area contributed by atoms with Crippen molar-refractivity contribution in [1.82, 2.24) is 0 Å². The first-order valence-corrected chi connectivity index (χ1v) is 5.27. The molecule has 0 bridgehead atoms. The van der Waals surface area contributed by atoms with Crippen LogP contribution in [0, 0.1) is 0 Å². The van der Waals surface area contributed by atoms with E-state index in [0.29, 0.717) is 5.57 Å². The second kappa shape index (κ2) is 5.91. The highest BCUT2D eigenvalue weighted by Crippen LogP contribution is 2.08. The zero-order chi connectivity index (χ0) is 12.0. The maximum atomic E-state index is 11.7. The summed E-state index contributed by atoms with van der Waals surface area (Å²) in [5.74, 6) is -0.0625. The Morgan fingerprint density at radius 3 is 2.50 bits per heavy atom. The zero-order valence-corrected chi connectivity index (χ0v) is 9.79. The van der Waals surface area contributed by atoms with Gasteiger partial charge in [-0.1, -0.05) is 36.4 Å². The fraction of sp³-hybridized carbons (Fsp3) is 0.214. The third-order valence-electron chi connectivity index (χ3n) is 2.15. The van der Waals surface area contributed by atoms with Gasteiger partial charge < -0.3 is 5.32 Å². The third-order valence-corrected chi connectivity index (χ3v) is 2.15. The molecular weight excluding hydrogens is 198 g/mol. The number of amides is 1. The van der Waals surface area contributed by atoms with Crippen LogP contribution >= 0.6 is 0 Å². The SMILES string of the molecule is C=C(C)C/C=C(\C)C(=O)Nc1ccccc1. The highest BCUT2D eigenvalue weighted by molar-refractivity contribution is 6.03. The molecule has 0 saturated heterocycles. The Balaban J connectivity index is 2.59.